The van der Waals surface area contributed by atoms with Gasteiger partial charge in [-0.15, -0.1) is 0 Å². The Kier molecular flexibility index (Phi) is 4.63. The monoisotopic (exact) mass is 377 g/mol. The van der Waals surface area contributed by atoms with Crippen molar-refractivity contribution >= 4 is 28.9 Å². The smallest absolute Gasteiger partial charge is 0.343 e. The first kappa shape index (κ1) is 17.6. The fraction of sp³-hybridized carbons (Fsp3) is 0.174. The Bertz CT molecular complexity index is 1030. The molecule has 0 amide bonds. The molecule has 0 spiro atoms. The summed E-state index contributed by atoms with van der Waals surface area (Å²) in [5.74, 6) is 0.228. The highest BCUT2D eigenvalue weighted by atomic mass is 35.5. The Hall–Kier alpha value is -2.78. The standard InChI is InChI=1S/C23H20ClNO2/c1-3-15-8-5-7-11-22(15)27-23(26)19-13-17(24)14-21-18(19)12-16-9-4-6-10-20(16)25(21)2/h4-11,13-14H,3,12H2,1-2H3. The highest BCUT2D eigenvalue weighted by Crippen LogP contribution is 2.40. The van der Waals surface area contributed by atoms with Crippen LogP contribution in [-0.4, -0.2) is 13.0 Å². The van der Waals surface area contributed by atoms with Gasteiger partial charge in [-0.3, -0.25) is 0 Å². The number of esters is 1. The first-order valence-corrected chi connectivity index (χ1v) is 9.40. The summed E-state index contributed by atoms with van der Waals surface area (Å²) in [5, 5.41) is 0.524. The summed E-state index contributed by atoms with van der Waals surface area (Å²) in [7, 11) is 1.99. The number of hydrogen-bond donors (Lipinski definition) is 0. The van der Waals surface area contributed by atoms with Gasteiger partial charge in [0.25, 0.3) is 0 Å². The van der Waals surface area contributed by atoms with E-state index in [1.165, 1.54) is 5.56 Å². The molecule has 0 saturated carbocycles. The number of carbonyl (C=O) groups is 1. The zero-order valence-electron chi connectivity index (χ0n) is 15.3. The van der Waals surface area contributed by atoms with Gasteiger partial charge in [-0.25, -0.2) is 4.79 Å². The van der Waals surface area contributed by atoms with Crippen LogP contribution < -0.4 is 9.64 Å². The third-order valence-electron chi connectivity index (χ3n) is 5.05. The third-order valence-corrected chi connectivity index (χ3v) is 5.27. The number of ether oxygens (including phenoxy) is 1. The quantitative estimate of drug-likeness (QED) is 0.427. The van der Waals surface area contributed by atoms with Crippen LogP contribution in [0.5, 0.6) is 5.75 Å². The van der Waals surface area contributed by atoms with Gasteiger partial charge in [-0.1, -0.05) is 54.9 Å². The molecule has 0 saturated heterocycles. The minimum atomic E-state index is -0.373. The minimum absolute atomic E-state index is 0.373. The number of halogens is 1. The van der Waals surface area contributed by atoms with Crippen molar-refractivity contribution < 1.29 is 9.53 Å². The lowest BCUT2D eigenvalue weighted by Crippen LogP contribution is -2.22. The second-order valence-corrected chi connectivity index (χ2v) is 7.10. The summed E-state index contributed by atoms with van der Waals surface area (Å²) >= 11 is 6.35. The van der Waals surface area contributed by atoms with E-state index in [1.54, 1.807) is 6.07 Å². The van der Waals surface area contributed by atoms with Crippen LogP contribution in [0.15, 0.2) is 60.7 Å². The maximum absolute atomic E-state index is 13.0. The average Bonchev–Trinajstić information content (AvgIpc) is 2.68. The molecule has 0 aliphatic carbocycles. The van der Waals surface area contributed by atoms with Crippen LogP contribution in [0.3, 0.4) is 0 Å². The summed E-state index contributed by atoms with van der Waals surface area (Å²) in [5.41, 5.74) is 5.71. The molecule has 4 heteroatoms. The lowest BCUT2D eigenvalue weighted by Gasteiger charge is -2.31. The van der Waals surface area contributed by atoms with E-state index < -0.39 is 0 Å². The van der Waals surface area contributed by atoms with Crippen molar-refractivity contribution in [3.63, 3.8) is 0 Å². The summed E-state index contributed by atoms with van der Waals surface area (Å²) in [6.45, 7) is 2.04. The summed E-state index contributed by atoms with van der Waals surface area (Å²) in [6.07, 6.45) is 1.47. The first-order chi connectivity index (χ1) is 13.1. The van der Waals surface area contributed by atoms with E-state index in [9.17, 15) is 4.79 Å². The van der Waals surface area contributed by atoms with Crippen molar-refractivity contribution in [3.8, 4) is 5.75 Å². The lowest BCUT2D eigenvalue weighted by atomic mass is 9.92. The molecule has 3 aromatic rings. The number of fused-ring (bicyclic) bond motifs is 2. The van der Waals surface area contributed by atoms with E-state index in [0.717, 1.165) is 28.9 Å². The van der Waals surface area contributed by atoms with Crippen LogP contribution in [0.1, 0.15) is 34.0 Å². The average molecular weight is 378 g/mol. The van der Waals surface area contributed by atoms with E-state index in [4.69, 9.17) is 16.3 Å². The molecule has 0 atom stereocenters. The van der Waals surface area contributed by atoms with Gasteiger partial charge in [-0.05, 0) is 47.4 Å². The van der Waals surface area contributed by atoms with Crippen LogP contribution in [0.4, 0.5) is 11.4 Å². The van der Waals surface area contributed by atoms with Crippen molar-refractivity contribution in [3.05, 3.63) is 87.9 Å². The largest absolute Gasteiger partial charge is 0.423 e. The summed E-state index contributed by atoms with van der Waals surface area (Å²) in [6, 6.07) is 19.4. The maximum atomic E-state index is 13.0. The normalized spacial score (nSPS) is 12.3. The Balaban J connectivity index is 1.76. The molecular formula is C23H20ClNO2. The number of benzene rings is 3. The van der Waals surface area contributed by atoms with Gasteiger partial charge >= 0.3 is 5.97 Å². The van der Waals surface area contributed by atoms with Gasteiger partial charge in [0.2, 0.25) is 0 Å². The van der Waals surface area contributed by atoms with Gasteiger partial charge in [-0.2, -0.15) is 0 Å². The van der Waals surface area contributed by atoms with E-state index in [1.807, 2.05) is 56.4 Å². The Morgan fingerprint density at radius 2 is 1.81 bits per heavy atom. The highest BCUT2D eigenvalue weighted by molar-refractivity contribution is 6.31. The molecule has 0 radical (unpaired) electrons. The van der Waals surface area contributed by atoms with Gasteiger partial charge in [0.1, 0.15) is 5.75 Å². The number of aryl methyl sites for hydroxylation is 1. The second kappa shape index (κ2) is 7.09. The van der Waals surface area contributed by atoms with Crippen LogP contribution in [0.25, 0.3) is 0 Å². The molecule has 27 heavy (non-hydrogen) atoms. The Morgan fingerprint density at radius 3 is 2.63 bits per heavy atom. The highest BCUT2D eigenvalue weighted by Gasteiger charge is 2.26. The molecular weight excluding hydrogens is 358 g/mol. The molecule has 1 aliphatic rings. The number of anilines is 2. The summed E-state index contributed by atoms with van der Waals surface area (Å²) in [4.78, 5) is 15.1. The van der Waals surface area contributed by atoms with Crippen molar-refractivity contribution in [1.82, 2.24) is 0 Å². The fourth-order valence-corrected chi connectivity index (χ4v) is 3.86. The predicted molar refractivity (Wildman–Crippen MR) is 110 cm³/mol. The molecule has 1 heterocycles. The van der Waals surface area contributed by atoms with Gasteiger partial charge < -0.3 is 9.64 Å². The van der Waals surface area contributed by atoms with Gasteiger partial charge in [0.15, 0.2) is 0 Å². The van der Waals surface area contributed by atoms with Gasteiger partial charge in [0.05, 0.1) is 5.56 Å². The van der Waals surface area contributed by atoms with Crippen LogP contribution >= 0.6 is 11.6 Å². The molecule has 0 unspecified atom stereocenters. The maximum Gasteiger partial charge on any atom is 0.343 e. The number of para-hydroxylation sites is 2. The molecule has 136 valence electrons. The van der Waals surface area contributed by atoms with Crippen molar-refractivity contribution in [1.29, 1.82) is 0 Å². The van der Waals surface area contributed by atoms with Gasteiger partial charge in [0, 0.05) is 29.9 Å². The minimum Gasteiger partial charge on any atom is -0.423 e. The predicted octanol–water partition coefficient (Wildman–Crippen LogP) is 5.79. The van der Waals surface area contributed by atoms with E-state index in [0.29, 0.717) is 22.8 Å². The second-order valence-electron chi connectivity index (χ2n) is 6.67. The SMILES string of the molecule is CCc1ccccc1OC(=O)c1cc(Cl)cc2c1Cc1ccccc1N2C. The molecule has 3 nitrogen and oxygen atoms in total. The van der Waals surface area contributed by atoms with E-state index in [-0.39, 0.29) is 5.97 Å². The van der Waals surface area contributed by atoms with Crippen molar-refractivity contribution in [2.75, 3.05) is 11.9 Å². The number of rotatable bonds is 3. The summed E-state index contributed by atoms with van der Waals surface area (Å²) < 4.78 is 5.75. The van der Waals surface area contributed by atoms with E-state index >= 15 is 0 Å². The van der Waals surface area contributed by atoms with Crippen molar-refractivity contribution in [2.45, 2.75) is 19.8 Å². The Labute approximate surface area is 164 Å². The topological polar surface area (TPSA) is 29.5 Å². The molecule has 4 rings (SSSR count). The molecule has 1 aliphatic heterocycles. The number of carbonyl (C=O) groups excluding carboxylic acids is 1. The third kappa shape index (κ3) is 3.19. The van der Waals surface area contributed by atoms with Crippen molar-refractivity contribution in [2.24, 2.45) is 0 Å². The number of hydrogen-bond acceptors (Lipinski definition) is 3. The first-order valence-electron chi connectivity index (χ1n) is 9.02. The zero-order chi connectivity index (χ0) is 19.0. The molecule has 3 aromatic carbocycles. The van der Waals surface area contributed by atoms with Crippen LogP contribution in [0.2, 0.25) is 5.02 Å². The molecule has 0 bridgehead atoms. The number of nitrogens with zero attached hydrogens (tertiary/aromatic N) is 1. The molecule has 0 fully saturated rings. The van der Waals surface area contributed by atoms with E-state index in [2.05, 4.69) is 17.0 Å². The molecule has 0 aromatic heterocycles. The van der Waals surface area contributed by atoms with Crippen LogP contribution in [0, 0.1) is 0 Å². The lowest BCUT2D eigenvalue weighted by molar-refractivity contribution is 0.0732. The van der Waals surface area contributed by atoms with Crippen LogP contribution in [-0.2, 0) is 12.8 Å². The molecule has 0 N–H and O–H groups in total. The fourth-order valence-electron chi connectivity index (χ4n) is 3.65. The Morgan fingerprint density at radius 1 is 1.07 bits per heavy atom. The zero-order valence-corrected chi connectivity index (χ0v) is 16.1.